The molecule has 2 aliphatic rings. The maximum Gasteiger partial charge on any atom is 0.237 e. The second-order valence-corrected chi connectivity index (χ2v) is 8.56. The Labute approximate surface area is 149 Å². The molecule has 1 fully saturated rings. The molecule has 1 aromatic heterocycles. The topological polar surface area (TPSA) is 58.1 Å². The van der Waals surface area contributed by atoms with Crippen LogP contribution in [0, 0.1) is 0 Å². The van der Waals surface area contributed by atoms with Crippen molar-refractivity contribution in [1.29, 1.82) is 0 Å². The normalized spacial score (nSPS) is 19.9. The summed E-state index contributed by atoms with van der Waals surface area (Å²) in [5.74, 6) is 0.544. The number of hydrogen-bond donors (Lipinski definition) is 1. The molecule has 1 N–H and O–H groups in total. The van der Waals surface area contributed by atoms with Gasteiger partial charge in [-0.15, -0.1) is 10.2 Å². The first-order chi connectivity index (χ1) is 11.7. The number of benzene rings is 1. The van der Waals surface area contributed by atoms with Crippen molar-refractivity contribution in [2.75, 3.05) is 16.0 Å². The van der Waals surface area contributed by atoms with Gasteiger partial charge in [-0.05, 0) is 44.2 Å². The molecular weight excluding hydrogens is 340 g/mol. The van der Waals surface area contributed by atoms with Gasteiger partial charge in [-0.2, -0.15) is 0 Å². The number of thioether (sulfide) groups is 1. The van der Waals surface area contributed by atoms with Crippen LogP contribution < -0.4 is 10.2 Å². The van der Waals surface area contributed by atoms with Gasteiger partial charge in [0, 0.05) is 17.8 Å². The number of aryl methyl sites for hydroxylation is 1. The van der Waals surface area contributed by atoms with Gasteiger partial charge in [0.25, 0.3) is 0 Å². The van der Waals surface area contributed by atoms with Crippen LogP contribution in [0.25, 0.3) is 0 Å². The summed E-state index contributed by atoms with van der Waals surface area (Å²) in [5, 5.41) is 12.5. The largest absolute Gasteiger partial charge is 0.357 e. The summed E-state index contributed by atoms with van der Waals surface area (Å²) in [6, 6.07) is 9.04. The van der Waals surface area contributed by atoms with Gasteiger partial charge >= 0.3 is 0 Å². The zero-order valence-electron chi connectivity index (χ0n) is 13.6. The second-order valence-electron chi connectivity index (χ2n) is 6.36. The van der Waals surface area contributed by atoms with Crippen molar-refractivity contribution in [2.24, 2.45) is 0 Å². The smallest absolute Gasteiger partial charge is 0.237 e. The Balaban J connectivity index is 1.41. The van der Waals surface area contributed by atoms with Crippen LogP contribution in [0.4, 0.5) is 10.8 Å². The van der Waals surface area contributed by atoms with E-state index in [1.165, 1.54) is 41.5 Å². The third kappa shape index (κ3) is 3.42. The number of fused-ring (bicyclic) bond motifs is 1. The molecule has 4 rings (SSSR count). The molecule has 1 atom stereocenters. The standard InChI is InChI=1S/C17H20N4OS2/c1-11-6-7-12-4-2-3-5-14(12)21(11)15(22)10-23-17-20-19-16(24-17)18-13-8-9-13/h2-5,11,13H,6-10H2,1H3,(H,18,19)/t11-/m0/s1. The van der Waals surface area contributed by atoms with Crippen LogP contribution in [0.1, 0.15) is 31.7 Å². The number of amides is 1. The Hall–Kier alpha value is -1.60. The molecule has 1 aliphatic heterocycles. The van der Waals surface area contributed by atoms with Gasteiger partial charge in [0.05, 0.1) is 5.75 Å². The fourth-order valence-corrected chi connectivity index (χ4v) is 4.68. The second kappa shape index (κ2) is 6.72. The van der Waals surface area contributed by atoms with Gasteiger partial charge in [0.1, 0.15) is 0 Å². The Morgan fingerprint density at radius 3 is 3.00 bits per heavy atom. The van der Waals surface area contributed by atoms with Gasteiger partial charge in [-0.25, -0.2) is 0 Å². The van der Waals surface area contributed by atoms with Crippen LogP contribution in [-0.2, 0) is 11.2 Å². The average Bonchev–Trinajstić information content (AvgIpc) is 3.29. The predicted octanol–water partition coefficient (Wildman–Crippen LogP) is 3.57. The zero-order chi connectivity index (χ0) is 16.5. The van der Waals surface area contributed by atoms with Crippen LogP contribution in [-0.4, -0.2) is 33.9 Å². The third-order valence-corrected chi connectivity index (χ3v) is 6.40. The minimum Gasteiger partial charge on any atom is -0.357 e. The molecule has 24 heavy (non-hydrogen) atoms. The predicted molar refractivity (Wildman–Crippen MR) is 99.0 cm³/mol. The molecule has 1 aromatic carbocycles. The highest BCUT2D eigenvalue weighted by Gasteiger charge is 2.28. The van der Waals surface area contributed by atoms with E-state index in [2.05, 4.69) is 34.6 Å². The molecule has 1 amide bonds. The number of nitrogens with zero attached hydrogens (tertiary/aromatic N) is 3. The lowest BCUT2D eigenvalue weighted by atomic mass is 9.97. The van der Waals surface area contributed by atoms with Gasteiger partial charge in [-0.3, -0.25) is 4.79 Å². The van der Waals surface area contributed by atoms with E-state index in [1.54, 1.807) is 0 Å². The molecule has 5 nitrogen and oxygen atoms in total. The van der Waals surface area contributed by atoms with E-state index >= 15 is 0 Å². The van der Waals surface area contributed by atoms with E-state index in [9.17, 15) is 4.79 Å². The van der Waals surface area contributed by atoms with Crippen molar-refractivity contribution in [3.8, 4) is 0 Å². The molecule has 126 valence electrons. The maximum absolute atomic E-state index is 12.8. The number of carbonyl (C=O) groups is 1. The fourth-order valence-electron chi connectivity index (χ4n) is 2.99. The lowest BCUT2D eigenvalue weighted by Crippen LogP contribution is -2.43. The molecule has 0 radical (unpaired) electrons. The first-order valence-electron chi connectivity index (χ1n) is 8.33. The van der Waals surface area contributed by atoms with Gasteiger partial charge in [0.2, 0.25) is 11.0 Å². The van der Waals surface area contributed by atoms with E-state index in [0.717, 1.165) is 28.0 Å². The minimum atomic E-state index is 0.145. The summed E-state index contributed by atoms with van der Waals surface area (Å²) >= 11 is 3.02. The quantitative estimate of drug-likeness (QED) is 0.826. The number of carbonyl (C=O) groups excluding carboxylic acids is 1. The van der Waals surface area contributed by atoms with E-state index in [4.69, 9.17) is 0 Å². The zero-order valence-corrected chi connectivity index (χ0v) is 15.2. The van der Waals surface area contributed by atoms with Crippen molar-refractivity contribution < 1.29 is 4.79 Å². The van der Waals surface area contributed by atoms with E-state index in [-0.39, 0.29) is 11.9 Å². The van der Waals surface area contributed by atoms with Crippen molar-refractivity contribution in [1.82, 2.24) is 10.2 Å². The monoisotopic (exact) mass is 360 g/mol. The molecular formula is C17H20N4OS2. The first-order valence-corrected chi connectivity index (χ1v) is 10.1. The van der Waals surface area contributed by atoms with Gasteiger partial charge in [-0.1, -0.05) is 41.3 Å². The van der Waals surface area contributed by atoms with Crippen LogP contribution in [0.5, 0.6) is 0 Å². The molecule has 0 bridgehead atoms. The van der Waals surface area contributed by atoms with Crippen LogP contribution >= 0.6 is 23.1 Å². The lowest BCUT2D eigenvalue weighted by molar-refractivity contribution is -0.116. The van der Waals surface area contributed by atoms with E-state index in [1.807, 2.05) is 17.0 Å². The first kappa shape index (κ1) is 15.9. The summed E-state index contributed by atoms with van der Waals surface area (Å²) in [4.78, 5) is 14.7. The summed E-state index contributed by atoms with van der Waals surface area (Å²) in [6.07, 6.45) is 4.49. The lowest BCUT2D eigenvalue weighted by Gasteiger charge is -2.35. The van der Waals surface area contributed by atoms with Crippen molar-refractivity contribution in [3.05, 3.63) is 29.8 Å². The number of para-hydroxylation sites is 1. The molecule has 0 saturated heterocycles. The molecule has 1 aliphatic carbocycles. The molecule has 7 heteroatoms. The molecule has 1 saturated carbocycles. The highest BCUT2D eigenvalue weighted by Crippen LogP contribution is 2.33. The summed E-state index contributed by atoms with van der Waals surface area (Å²) in [5.41, 5.74) is 2.33. The van der Waals surface area contributed by atoms with Crippen LogP contribution in [0.2, 0.25) is 0 Å². The van der Waals surface area contributed by atoms with Crippen LogP contribution in [0.15, 0.2) is 28.6 Å². The summed E-state index contributed by atoms with van der Waals surface area (Å²) in [6.45, 7) is 2.13. The number of hydrogen-bond acceptors (Lipinski definition) is 6. The molecule has 2 heterocycles. The maximum atomic E-state index is 12.8. The van der Waals surface area contributed by atoms with Crippen molar-refractivity contribution >= 4 is 39.8 Å². The highest BCUT2D eigenvalue weighted by molar-refractivity contribution is 8.01. The molecule has 0 unspecified atom stereocenters. The number of aromatic nitrogens is 2. The van der Waals surface area contributed by atoms with Crippen LogP contribution in [0.3, 0.4) is 0 Å². The van der Waals surface area contributed by atoms with E-state index < -0.39 is 0 Å². The van der Waals surface area contributed by atoms with Crippen molar-refractivity contribution in [3.63, 3.8) is 0 Å². The summed E-state index contributed by atoms with van der Waals surface area (Å²) in [7, 11) is 0. The average molecular weight is 361 g/mol. The van der Waals surface area contributed by atoms with Gasteiger partial charge in [0.15, 0.2) is 4.34 Å². The Morgan fingerprint density at radius 1 is 1.33 bits per heavy atom. The van der Waals surface area contributed by atoms with Crippen molar-refractivity contribution in [2.45, 2.75) is 49.0 Å². The Morgan fingerprint density at radius 2 is 2.17 bits per heavy atom. The molecule has 2 aromatic rings. The Kier molecular flexibility index (Phi) is 4.45. The Bertz CT molecular complexity index is 744. The van der Waals surface area contributed by atoms with E-state index in [0.29, 0.717) is 11.8 Å². The number of anilines is 2. The SMILES string of the molecule is C[C@H]1CCc2ccccc2N1C(=O)CSc1nnc(NC2CC2)s1. The third-order valence-electron chi connectivity index (χ3n) is 4.42. The molecule has 0 spiro atoms. The number of nitrogens with one attached hydrogen (secondary N) is 1. The fraction of sp³-hybridized carbons (Fsp3) is 0.471. The van der Waals surface area contributed by atoms with Gasteiger partial charge < -0.3 is 10.2 Å². The summed E-state index contributed by atoms with van der Waals surface area (Å²) < 4.78 is 0.851. The minimum absolute atomic E-state index is 0.145. The number of rotatable bonds is 5. The highest BCUT2D eigenvalue weighted by atomic mass is 32.2.